The van der Waals surface area contributed by atoms with Crippen molar-refractivity contribution in [2.45, 2.75) is 12.8 Å². The van der Waals surface area contributed by atoms with E-state index >= 15 is 0 Å². The smallest absolute Gasteiger partial charge is 0.227 e. The molecule has 1 aliphatic rings. The van der Waals surface area contributed by atoms with Crippen LogP contribution in [-0.4, -0.2) is 25.3 Å². The Hall–Kier alpha value is -2.88. The Morgan fingerprint density at radius 3 is 2.62 bits per heavy atom. The number of methoxy groups -OCH3 is 1. The Morgan fingerprint density at radius 1 is 1.17 bits per heavy atom. The van der Waals surface area contributed by atoms with E-state index in [0.717, 1.165) is 30.0 Å². The fraction of sp³-hybridized carbons (Fsp3) is 0.200. The van der Waals surface area contributed by atoms with Gasteiger partial charge >= 0.3 is 0 Å². The van der Waals surface area contributed by atoms with Crippen molar-refractivity contribution in [1.82, 2.24) is 0 Å². The number of nitrogens with zero attached hydrogens (tertiary/aromatic N) is 1. The number of carbonyl (C=O) groups is 2. The van der Waals surface area contributed by atoms with Gasteiger partial charge in [-0.1, -0.05) is 30.3 Å². The fourth-order valence-electron chi connectivity index (χ4n) is 2.73. The van der Waals surface area contributed by atoms with Gasteiger partial charge in [-0.25, -0.2) is 0 Å². The van der Waals surface area contributed by atoms with Crippen LogP contribution in [0.2, 0.25) is 0 Å². The summed E-state index contributed by atoms with van der Waals surface area (Å²) in [6.45, 7) is 0.720. The number of amides is 1. The lowest BCUT2D eigenvalue weighted by Gasteiger charge is -2.16. The number of carbonyl (C=O) groups excluding carboxylic acids is 2. The minimum Gasteiger partial charge on any atom is -0.497 e. The van der Waals surface area contributed by atoms with Crippen LogP contribution in [0.5, 0.6) is 5.75 Å². The summed E-state index contributed by atoms with van der Waals surface area (Å²) in [6, 6.07) is 14.7. The Morgan fingerprint density at radius 2 is 1.96 bits per heavy atom. The van der Waals surface area contributed by atoms with E-state index in [2.05, 4.69) is 0 Å². The second-order valence-electron chi connectivity index (χ2n) is 5.67. The molecule has 1 aliphatic heterocycles. The van der Waals surface area contributed by atoms with Gasteiger partial charge in [0.1, 0.15) is 5.75 Å². The number of ketones is 1. The van der Waals surface area contributed by atoms with Crippen LogP contribution >= 0.6 is 0 Å². The zero-order valence-electron chi connectivity index (χ0n) is 13.6. The minimum atomic E-state index is -0.0840. The van der Waals surface area contributed by atoms with Crippen molar-refractivity contribution in [1.29, 1.82) is 0 Å². The van der Waals surface area contributed by atoms with Gasteiger partial charge in [0.2, 0.25) is 5.91 Å². The van der Waals surface area contributed by atoms with Crippen LogP contribution in [0.1, 0.15) is 28.8 Å². The molecule has 0 bridgehead atoms. The molecule has 1 fully saturated rings. The fourth-order valence-corrected chi connectivity index (χ4v) is 2.73. The molecule has 0 aliphatic carbocycles. The lowest BCUT2D eigenvalue weighted by atomic mass is 10.1. The molecule has 0 unspecified atom stereocenters. The van der Waals surface area contributed by atoms with Crippen LogP contribution in [0.3, 0.4) is 0 Å². The molecule has 1 heterocycles. The molecule has 0 N–H and O–H groups in total. The number of hydrogen-bond acceptors (Lipinski definition) is 3. The van der Waals surface area contributed by atoms with E-state index in [9.17, 15) is 9.59 Å². The molecular formula is C20H19NO3. The van der Waals surface area contributed by atoms with E-state index < -0.39 is 0 Å². The van der Waals surface area contributed by atoms with Gasteiger partial charge in [0.25, 0.3) is 0 Å². The SMILES string of the molecule is COc1ccc(C=CC(=O)c2cccc(N3CCCC3=O)c2)cc1. The first-order valence-corrected chi connectivity index (χ1v) is 7.94. The highest BCUT2D eigenvalue weighted by Gasteiger charge is 2.21. The average Bonchev–Trinajstić information content (AvgIpc) is 3.06. The minimum absolute atomic E-state index is 0.0840. The summed E-state index contributed by atoms with van der Waals surface area (Å²) in [5.41, 5.74) is 2.30. The summed E-state index contributed by atoms with van der Waals surface area (Å²) >= 11 is 0. The molecule has 3 rings (SSSR count). The van der Waals surface area contributed by atoms with Crippen molar-refractivity contribution < 1.29 is 14.3 Å². The van der Waals surface area contributed by atoms with Crippen LogP contribution in [0, 0.1) is 0 Å². The van der Waals surface area contributed by atoms with Crippen molar-refractivity contribution in [2.24, 2.45) is 0 Å². The summed E-state index contributed by atoms with van der Waals surface area (Å²) in [5, 5.41) is 0. The van der Waals surface area contributed by atoms with E-state index in [4.69, 9.17) is 4.74 Å². The van der Waals surface area contributed by atoms with Crippen LogP contribution in [0.25, 0.3) is 6.08 Å². The number of benzene rings is 2. The van der Waals surface area contributed by atoms with Crippen LogP contribution in [0.15, 0.2) is 54.6 Å². The normalized spacial score (nSPS) is 14.4. The molecule has 1 saturated heterocycles. The van der Waals surface area contributed by atoms with Gasteiger partial charge in [-0.05, 0) is 42.3 Å². The third-order valence-corrected chi connectivity index (χ3v) is 4.06. The molecular weight excluding hydrogens is 302 g/mol. The lowest BCUT2D eigenvalue weighted by molar-refractivity contribution is -0.117. The second kappa shape index (κ2) is 7.13. The first kappa shape index (κ1) is 16.0. The third-order valence-electron chi connectivity index (χ3n) is 4.06. The average molecular weight is 321 g/mol. The van der Waals surface area contributed by atoms with Gasteiger partial charge in [-0.2, -0.15) is 0 Å². The number of hydrogen-bond donors (Lipinski definition) is 0. The summed E-state index contributed by atoms with van der Waals surface area (Å²) in [5.74, 6) is 0.814. The Kier molecular flexibility index (Phi) is 4.75. The Bertz CT molecular complexity index is 778. The largest absolute Gasteiger partial charge is 0.497 e. The van der Waals surface area contributed by atoms with Crippen molar-refractivity contribution in [3.8, 4) is 5.75 Å². The molecule has 24 heavy (non-hydrogen) atoms. The van der Waals surface area contributed by atoms with E-state index in [-0.39, 0.29) is 11.7 Å². The van der Waals surface area contributed by atoms with Gasteiger partial charge < -0.3 is 9.64 Å². The summed E-state index contributed by atoms with van der Waals surface area (Å²) in [6.07, 6.45) is 4.77. The first-order chi connectivity index (χ1) is 11.7. The molecule has 2 aromatic rings. The topological polar surface area (TPSA) is 46.6 Å². The van der Waals surface area contributed by atoms with E-state index in [0.29, 0.717) is 12.0 Å². The monoisotopic (exact) mass is 321 g/mol. The first-order valence-electron chi connectivity index (χ1n) is 7.94. The van der Waals surface area contributed by atoms with Gasteiger partial charge in [0.15, 0.2) is 5.78 Å². The molecule has 122 valence electrons. The Labute approximate surface area is 141 Å². The molecule has 4 heteroatoms. The third kappa shape index (κ3) is 3.54. The maximum Gasteiger partial charge on any atom is 0.227 e. The van der Waals surface area contributed by atoms with Crippen LogP contribution < -0.4 is 9.64 Å². The highest BCUT2D eigenvalue weighted by molar-refractivity contribution is 6.08. The van der Waals surface area contributed by atoms with E-state index in [1.54, 1.807) is 36.3 Å². The number of anilines is 1. The van der Waals surface area contributed by atoms with Crippen molar-refractivity contribution >= 4 is 23.5 Å². The molecule has 4 nitrogen and oxygen atoms in total. The van der Waals surface area contributed by atoms with E-state index in [1.807, 2.05) is 36.4 Å². The molecule has 0 radical (unpaired) electrons. The Balaban J connectivity index is 1.74. The summed E-state index contributed by atoms with van der Waals surface area (Å²) in [7, 11) is 1.62. The molecule has 2 aromatic carbocycles. The van der Waals surface area contributed by atoms with Crippen molar-refractivity contribution in [2.75, 3.05) is 18.6 Å². The van der Waals surface area contributed by atoms with Gasteiger partial charge in [0.05, 0.1) is 7.11 Å². The van der Waals surface area contributed by atoms with Crippen LogP contribution in [0.4, 0.5) is 5.69 Å². The molecule has 0 atom stereocenters. The van der Waals surface area contributed by atoms with Crippen molar-refractivity contribution in [3.63, 3.8) is 0 Å². The van der Waals surface area contributed by atoms with Crippen LogP contribution in [-0.2, 0) is 4.79 Å². The molecule has 0 saturated carbocycles. The zero-order valence-corrected chi connectivity index (χ0v) is 13.6. The van der Waals surface area contributed by atoms with Gasteiger partial charge in [-0.3, -0.25) is 9.59 Å². The molecule has 0 aromatic heterocycles. The quantitative estimate of drug-likeness (QED) is 0.623. The lowest BCUT2D eigenvalue weighted by Crippen LogP contribution is -2.23. The standard InChI is InChI=1S/C20H19NO3/c1-24-18-10-7-15(8-11-18)9-12-19(22)16-4-2-5-17(14-16)21-13-3-6-20(21)23/h2,4-5,7-12,14H,3,6,13H2,1H3. The van der Waals surface area contributed by atoms with Gasteiger partial charge in [-0.15, -0.1) is 0 Å². The zero-order chi connectivity index (χ0) is 16.9. The predicted molar refractivity (Wildman–Crippen MR) is 94.4 cm³/mol. The number of ether oxygens (including phenoxy) is 1. The summed E-state index contributed by atoms with van der Waals surface area (Å²) < 4.78 is 5.11. The highest BCUT2D eigenvalue weighted by Crippen LogP contribution is 2.22. The number of allylic oxidation sites excluding steroid dienone is 1. The maximum absolute atomic E-state index is 12.4. The highest BCUT2D eigenvalue weighted by atomic mass is 16.5. The maximum atomic E-state index is 12.4. The van der Waals surface area contributed by atoms with E-state index in [1.165, 1.54) is 0 Å². The molecule has 0 spiro atoms. The molecule has 1 amide bonds. The summed E-state index contributed by atoms with van der Waals surface area (Å²) in [4.78, 5) is 26.0. The predicted octanol–water partition coefficient (Wildman–Crippen LogP) is 3.72. The van der Waals surface area contributed by atoms with Gasteiger partial charge in [0, 0.05) is 24.2 Å². The van der Waals surface area contributed by atoms with Crippen molar-refractivity contribution in [3.05, 3.63) is 65.7 Å². The second-order valence-corrected chi connectivity index (χ2v) is 5.67. The number of rotatable bonds is 5.